The average molecular weight is 489 g/mol. The van der Waals surface area contributed by atoms with Gasteiger partial charge in [-0.3, -0.25) is 9.59 Å². The first-order valence-corrected chi connectivity index (χ1v) is 9.48. The van der Waals surface area contributed by atoms with E-state index in [1.165, 1.54) is 19.4 Å². The summed E-state index contributed by atoms with van der Waals surface area (Å²) in [5.41, 5.74) is 3.34. The zero-order valence-corrected chi connectivity index (χ0v) is 17.7. The SMILES string of the molecule is COc1cc(/C=N/NC(=O)CCC(=O)Nc2ccc(Cl)cc2Cl)cc(Br)c1O. The highest BCUT2D eigenvalue weighted by molar-refractivity contribution is 9.10. The molecule has 2 amide bonds. The van der Waals surface area contributed by atoms with Gasteiger partial charge in [0.05, 0.1) is 28.5 Å². The molecule has 0 spiro atoms. The molecule has 10 heteroatoms. The van der Waals surface area contributed by atoms with Gasteiger partial charge in [0.2, 0.25) is 11.8 Å². The number of nitrogens with one attached hydrogen (secondary N) is 2. The maximum absolute atomic E-state index is 11.9. The van der Waals surface area contributed by atoms with Crippen LogP contribution in [0.15, 0.2) is 39.9 Å². The summed E-state index contributed by atoms with van der Waals surface area (Å²) in [5.74, 6) is -0.566. The number of amides is 2. The number of benzene rings is 2. The van der Waals surface area contributed by atoms with Crippen LogP contribution in [-0.2, 0) is 9.59 Å². The Kier molecular flexibility index (Phi) is 8.10. The fourth-order valence-corrected chi connectivity index (χ4v) is 3.00. The first kappa shape index (κ1) is 22.0. The lowest BCUT2D eigenvalue weighted by molar-refractivity contribution is -0.124. The summed E-state index contributed by atoms with van der Waals surface area (Å²) in [6.45, 7) is 0. The number of hydrogen-bond donors (Lipinski definition) is 3. The fraction of sp³-hybridized carbons (Fsp3) is 0.167. The van der Waals surface area contributed by atoms with Gasteiger partial charge in [0.25, 0.3) is 0 Å². The van der Waals surface area contributed by atoms with Crippen molar-refractivity contribution < 1.29 is 19.4 Å². The summed E-state index contributed by atoms with van der Waals surface area (Å²) in [5, 5.41) is 17.0. The number of rotatable bonds is 7. The van der Waals surface area contributed by atoms with Gasteiger partial charge in [-0.1, -0.05) is 23.2 Å². The predicted molar refractivity (Wildman–Crippen MR) is 112 cm³/mol. The number of methoxy groups -OCH3 is 1. The Morgan fingerprint density at radius 1 is 1.21 bits per heavy atom. The summed E-state index contributed by atoms with van der Waals surface area (Å²) in [6.07, 6.45) is 1.29. The number of carbonyl (C=O) groups is 2. The maximum atomic E-state index is 11.9. The van der Waals surface area contributed by atoms with Crippen molar-refractivity contribution in [2.24, 2.45) is 5.10 Å². The average Bonchev–Trinajstić information content (AvgIpc) is 2.65. The summed E-state index contributed by atoms with van der Waals surface area (Å²) in [7, 11) is 1.42. The van der Waals surface area contributed by atoms with Gasteiger partial charge in [0.1, 0.15) is 0 Å². The number of hydrogen-bond acceptors (Lipinski definition) is 5. The van der Waals surface area contributed by atoms with Gasteiger partial charge in [-0.25, -0.2) is 5.43 Å². The molecule has 0 fully saturated rings. The molecule has 2 rings (SSSR count). The van der Waals surface area contributed by atoms with Crippen LogP contribution in [0.4, 0.5) is 5.69 Å². The van der Waals surface area contributed by atoms with Crippen molar-refractivity contribution in [3.63, 3.8) is 0 Å². The van der Waals surface area contributed by atoms with Gasteiger partial charge in [-0.05, 0) is 51.8 Å². The third-order valence-corrected chi connectivity index (χ3v) is 4.61. The van der Waals surface area contributed by atoms with Crippen LogP contribution >= 0.6 is 39.1 Å². The molecule has 2 aromatic carbocycles. The summed E-state index contributed by atoms with van der Waals surface area (Å²) < 4.78 is 5.46. The van der Waals surface area contributed by atoms with Crippen molar-refractivity contribution in [2.75, 3.05) is 12.4 Å². The molecular weight excluding hydrogens is 473 g/mol. The topological polar surface area (TPSA) is 100 Å². The standard InChI is InChI=1S/C18H16BrCl2N3O4/c1-28-15-7-10(6-12(19)18(15)27)9-22-24-17(26)5-4-16(25)23-14-3-2-11(20)8-13(14)21/h2-3,6-9,27H,4-5H2,1H3,(H,23,25)(H,24,26)/b22-9+. The largest absolute Gasteiger partial charge is 0.503 e. The zero-order valence-electron chi connectivity index (χ0n) is 14.6. The maximum Gasteiger partial charge on any atom is 0.240 e. The monoisotopic (exact) mass is 487 g/mol. The van der Waals surface area contributed by atoms with Crippen molar-refractivity contribution in [1.29, 1.82) is 0 Å². The number of phenolic OH excluding ortho intramolecular Hbond substituents is 1. The van der Waals surface area contributed by atoms with Gasteiger partial charge >= 0.3 is 0 Å². The fourth-order valence-electron chi connectivity index (χ4n) is 2.09. The number of halogens is 3. The molecule has 3 N–H and O–H groups in total. The molecule has 148 valence electrons. The Hall–Kier alpha value is -2.29. The van der Waals surface area contributed by atoms with Crippen molar-refractivity contribution in [3.05, 3.63) is 50.4 Å². The van der Waals surface area contributed by atoms with Crippen LogP contribution < -0.4 is 15.5 Å². The van der Waals surface area contributed by atoms with Crippen molar-refractivity contribution in [3.8, 4) is 11.5 Å². The van der Waals surface area contributed by atoms with E-state index in [0.29, 0.717) is 25.8 Å². The molecule has 0 saturated heterocycles. The molecule has 0 aliphatic heterocycles. The van der Waals surface area contributed by atoms with E-state index in [2.05, 4.69) is 31.8 Å². The highest BCUT2D eigenvalue weighted by Crippen LogP contribution is 2.34. The predicted octanol–water partition coefficient (Wildman–Crippen LogP) is 4.34. The second kappa shape index (κ2) is 10.3. The molecule has 0 aliphatic rings. The number of ether oxygens (including phenoxy) is 1. The Morgan fingerprint density at radius 2 is 1.93 bits per heavy atom. The van der Waals surface area contributed by atoms with E-state index >= 15 is 0 Å². The van der Waals surface area contributed by atoms with Gasteiger partial charge in [0.15, 0.2) is 11.5 Å². The van der Waals surface area contributed by atoms with Crippen molar-refractivity contribution in [2.45, 2.75) is 12.8 Å². The van der Waals surface area contributed by atoms with Crippen LogP contribution in [-0.4, -0.2) is 30.2 Å². The quantitative estimate of drug-likeness (QED) is 0.398. The van der Waals surface area contributed by atoms with Crippen molar-refractivity contribution >= 4 is 62.8 Å². The highest BCUT2D eigenvalue weighted by atomic mass is 79.9. The van der Waals surface area contributed by atoms with Crippen LogP contribution in [0.2, 0.25) is 10.0 Å². The molecule has 0 unspecified atom stereocenters. The number of anilines is 1. The molecule has 2 aromatic rings. The molecule has 0 atom stereocenters. The molecule has 0 aliphatic carbocycles. The Morgan fingerprint density at radius 3 is 2.61 bits per heavy atom. The van der Waals surface area contributed by atoms with Crippen molar-refractivity contribution in [1.82, 2.24) is 5.43 Å². The third-order valence-electron chi connectivity index (χ3n) is 3.46. The summed E-state index contributed by atoms with van der Waals surface area (Å²) >= 11 is 15.0. The van der Waals surface area contributed by atoms with E-state index in [1.807, 2.05) is 0 Å². The van der Waals surface area contributed by atoms with E-state index in [4.69, 9.17) is 27.9 Å². The van der Waals surface area contributed by atoms with Crippen LogP contribution in [0.1, 0.15) is 18.4 Å². The molecule has 0 heterocycles. The van der Waals surface area contributed by atoms with E-state index in [0.717, 1.165) is 0 Å². The lowest BCUT2D eigenvalue weighted by atomic mass is 10.2. The van der Waals surface area contributed by atoms with Crippen LogP contribution in [0.3, 0.4) is 0 Å². The number of nitrogens with zero attached hydrogens (tertiary/aromatic N) is 1. The molecule has 0 saturated carbocycles. The molecule has 0 radical (unpaired) electrons. The lowest BCUT2D eigenvalue weighted by Crippen LogP contribution is -2.20. The molecule has 0 aromatic heterocycles. The minimum Gasteiger partial charge on any atom is -0.503 e. The van der Waals surface area contributed by atoms with Gasteiger partial charge in [-0.2, -0.15) is 5.10 Å². The Balaban J connectivity index is 1.83. The lowest BCUT2D eigenvalue weighted by Gasteiger charge is -2.07. The van der Waals surface area contributed by atoms with Gasteiger partial charge in [-0.15, -0.1) is 0 Å². The number of carbonyl (C=O) groups excluding carboxylic acids is 2. The normalized spacial score (nSPS) is 10.7. The highest BCUT2D eigenvalue weighted by Gasteiger charge is 2.10. The molecule has 28 heavy (non-hydrogen) atoms. The van der Waals surface area contributed by atoms with Gasteiger partial charge in [0, 0.05) is 17.9 Å². The zero-order chi connectivity index (χ0) is 20.7. The molecule has 0 bridgehead atoms. The minimum absolute atomic E-state index is 0.0320. The van der Waals surface area contributed by atoms with Crippen LogP contribution in [0, 0.1) is 0 Å². The number of aromatic hydroxyl groups is 1. The summed E-state index contributed by atoms with van der Waals surface area (Å²) in [4.78, 5) is 23.7. The summed E-state index contributed by atoms with van der Waals surface area (Å²) in [6, 6.07) is 7.85. The van der Waals surface area contributed by atoms with Crippen LogP contribution in [0.25, 0.3) is 0 Å². The second-order valence-corrected chi connectivity index (χ2v) is 7.22. The van der Waals surface area contributed by atoms with Gasteiger partial charge < -0.3 is 15.2 Å². The molecular formula is C18H16BrCl2N3O4. The number of phenols is 1. The van der Waals surface area contributed by atoms with E-state index in [1.54, 1.807) is 24.3 Å². The molecule has 7 nitrogen and oxygen atoms in total. The first-order chi connectivity index (χ1) is 13.3. The Labute approximate surface area is 179 Å². The Bertz CT molecular complexity index is 922. The second-order valence-electron chi connectivity index (χ2n) is 5.52. The first-order valence-electron chi connectivity index (χ1n) is 7.93. The number of hydrazone groups is 1. The minimum atomic E-state index is -0.432. The van der Waals surface area contributed by atoms with E-state index in [9.17, 15) is 14.7 Å². The smallest absolute Gasteiger partial charge is 0.240 e. The third kappa shape index (κ3) is 6.40. The van der Waals surface area contributed by atoms with E-state index < -0.39 is 5.91 Å². The van der Waals surface area contributed by atoms with E-state index in [-0.39, 0.29) is 30.2 Å². The van der Waals surface area contributed by atoms with Crippen LogP contribution in [0.5, 0.6) is 11.5 Å².